The van der Waals surface area contributed by atoms with Crippen LogP contribution in [0.2, 0.25) is 0 Å². The van der Waals surface area contributed by atoms with Crippen molar-refractivity contribution in [3.63, 3.8) is 0 Å². The zero-order valence-corrected chi connectivity index (χ0v) is 18.7. The van der Waals surface area contributed by atoms with Crippen LogP contribution in [0, 0.1) is 5.92 Å². The fourth-order valence-corrected chi connectivity index (χ4v) is 3.64. The predicted octanol–water partition coefficient (Wildman–Crippen LogP) is 1.89. The lowest BCUT2D eigenvalue weighted by Crippen LogP contribution is -2.32. The SMILES string of the molecule is CN(C)C(=O)Cn1nc2ccc(N3CC[C@@H](Oc4ccc(OCC5CC5)nc4)C3=O)cc2n1. The first kappa shape index (κ1) is 21.2. The fraction of sp³-hybridized carbons (Fsp3) is 0.435. The molecule has 33 heavy (non-hydrogen) atoms. The quantitative estimate of drug-likeness (QED) is 0.516. The second-order valence-corrected chi connectivity index (χ2v) is 8.66. The Morgan fingerprint density at radius 1 is 1.12 bits per heavy atom. The summed E-state index contributed by atoms with van der Waals surface area (Å²) in [5, 5.41) is 8.72. The molecule has 172 valence electrons. The molecule has 3 heterocycles. The molecule has 0 radical (unpaired) electrons. The first-order chi connectivity index (χ1) is 16.0. The van der Waals surface area contributed by atoms with Gasteiger partial charge in [0.1, 0.15) is 23.3 Å². The van der Waals surface area contributed by atoms with Crippen molar-refractivity contribution in [2.45, 2.75) is 31.9 Å². The summed E-state index contributed by atoms with van der Waals surface area (Å²) < 4.78 is 11.6. The number of rotatable bonds is 8. The average Bonchev–Trinajstić information content (AvgIpc) is 3.45. The molecule has 2 aromatic heterocycles. The van der Waals surface area contributed by atoms with Gasteiger partial charge in [-0.25, -0.2) is 4.98 Å². The summed E-state index contributed by atoms with van der Waals surface area (Å²) >= 11 is 0. The van der Waals surface area contributed by atoms with Gasteiger partial charge in [-0.3, -0.25) is 9.59 Å². The van der Waals surface area contributed by atoms with Crippen molar-refractivity contribution in [2.75, 3.05) is 32.1 Å². The Balaban J connectivity index is 1.23. The van der Waals surface area contributed by atoms with E-state index in [-0.39, 0.29) is 18.4 Å². The third-order valence-electron chi connectivity index (χ3n) is 5.80. The molecule has 10 nitrogen and oxygen atoms in total. The number of pyridine rings is 1. The highest BCUT2D eigenvalue weighted by Crippen LogP contribution is 2.30. The lowest BCUT2D eigenvalue weighted by Gasteiger charge is -2.17. The zero-order chi connectivity index (χ0) is 22.9. The molecule has 1 aliphatic heterocycles. The molecule has 0 N–H and O–H groups in total. The second kappa shape index (κ2) is 8.68. The molecule has 2 amide bonds. The maximum Gasteiger partial charge on any atom is 0.268 e. The van der Waals surface area contributed by atoms with E-state index in [0.29, 0.717) is 48.2 Å². The van der Waals surface area contributed by atoms with Crippen LogP contribution in [-0.2, 0) is 16.1 Å². The third kappa shape index (κ3) is 4.74. The number of aromatic nitrogens is 4. The van der Waals surface area contributed by atoms with Crippen LogP contribution in [0.25, 0.3) is 11.0 Å². The van der Waals surface area contributed by atoms with Gasteiger partial charge in [0.05, 0.1) is 12.8 Å². The van der Waals surface area contributed by atoms with E-state index in [4.69, 9.17) is 9.47 Å². The number of hydrogen-bond acceptors (Lipinski definition) is 7. The summed E-state index contributed by atoms with van der Waals surface area (Å²) in [5.41, 5.74) is 2.02. The van der Waals surface area contributed by atoms with Gasteiger partial charge in [0.15, 0.2) is 6.10 Å². The molecule has 2 fully saturated rings. The smallest absolute Gasteiger partial charge is 0.268 e. The molecule has 1 atom stereocenters. The van der Waals surface area contributed by atoms with Crippen molar-refractivity contribution in [1.82, 2.24) is 24.9 Å². The van der Waals surface area contributed by atoms with Crippen molar-refractivity contribution in [2.24, 2.45) is 5.92 Å². The Morgan fingerprint density at radius 3 is 2.67 bits per heavy atom. The Hall–Kier alpha value is -3.69. The molecule has 5 rings (SSSR count). The molecular weight excluding hydrogens is 424 g/mol. The Kier molecular flexibility index (Phi) is 5.57. The molecule has 10 heteroatoms. The van der Waals surface area contributed by atoms with Gasteiger partial charge < -0.3 is 19.3 Å². The number of nitrogens with zero attached hydrogens (tertiary/aromatic N) is 6. The molecule has 1 saturated heterocycles. The van der Waals surface area contributed by atoms with Crippen molar-refractivity contribution in [1.29, 1.82) is 0 Å². The molecule has 0 spiro atoms. The summed E-state index contributed by atoms with van der Waals surface area (Å²) in [4.78, 5) is 33.7. The van der Waals surface area contributed by atoms with Crippen LogP contribution in [0.15, 0.2) is 36.5 Å². The molecular formula is C23H26N6O4. The van der Waals surface area contributed by atoms with Crippen LogP contribution in [0.1, 0.15) is 19.3 Å². The van der Waals surface area contributed by atoms with Gasteiger partial charge in [0, 0.05) is 38.8 Å². The monoisotopic (exact) mass is 450 g/mol. The van der Waals surface area contributed by atoms with E-state index in [1.165, 1.54) is 22.5 Å². The number of anilines is 1. The van der Waals surface area contributed by atoms with Crippen molar-refractivity contribution in [3.8, 4) is 11.6 Å². The molecule has 2 aliphatic rings. The average molecular weight is 450 g/mol. The van der Waals surface area contributed by atoms with Crippen LogP contribution in [-0.4, -0.2) is 70.0 Å². The molecule has 0 unspecified atom stereocenters. The van der Waals surface area contributed by atoms with E-state index >= 15 is 0 Å². The Labute approximate surface area is 191 Å². The number of benzene rings is 1. The number of ether oxygens (including phenoxy) is 2. The van der Waals surface area contributed by atoms with Crippen LogP contribution < -0.4 is 14.4 Å². The van der Waals surface area contributed by atoms with E-state index in [2.05, 4.69) is 15.2 Å². The Bertz CT molecular complexity index is 1170. The highest BCUT2D eigenvalue weighted by atomic mass is 16.5. The highest BCUT2D eigenvalue weighted by Gasteiger charge is 2.34. The van der Waals surface area contributed by atoms with Gasteiger partial charge in [-0.15, -0.1) is 0 Å². The lowest BCUT2D eigenvalue weighted by molar-refractivity contribution is -0.129. The Morgan fingerprint density at radius 2 is 1.94 bits per heavy atom. The number of likely N-dealkylation sites (N-methyl/N-ethyl adjacent to an activating group) is 1. The third-order valence-corrected chi connectivity index (χ3v) is 5.80. The minimum absolute atomic E-state index is 0.0635. The summed E-state index contributed by atoms with van der Waals surface area (Å²) in [6.07, 6.45) is 4.04. The molecule has 1 aromatic carbocycles. The topological polar surface area (TPSA) is 103 Å². The number of amides is 2. The van der Waals surface area contributed by atoms with E-state index in [0.717, 1.165) is 5.69 Å². The van der Waals surface area contributed by atoms with E-state index in [1.807, 2.05) is 12.1 Å². The number of carbonyl (C=O) groups excluding carboxylic acids is 2. The summed E-state index contributed by atoms with van der Waals surface area (Å²) in [7, 11) is 3.38. The van der Waals surface area contributed by atoms with Crippen molar-refractivity contribution < 1.29 is 19.1 Å². The minimum Gasteiger partial charge on any atom is -0.479 e. The normalized spacial score (nSPS) is 18.1. The van der Waals surface area contributed by atoms with E-state index < -0.39 is 6.10 Å². The first-order valence-corrected chi connectivity index (χ1v) is 11.1. The van der Waals surface area contributed by atoms with Crippen LogP contribution >= 0.6 is 0 Å². The van der Waals surface area contributed by atoms with Gasteiger partial charge in [0.2, 0.25) is 11.8 Å². The fourth-order valence-electron chi connectivity index (χ4n) is 3.64. The van der Waals surface area contributed by atoms with Crippen LogP contribution in [0.5, 0.6) is 11.6 Å². The second-order valence-electron chi connectivity index (χ2n) is 8.66. The van der Waals surface area contributed by atoms with Gasteiger partial charge in [-0.1, -0.05) is 0 Å². The van der Waals surface area contributed by atoms with Crippen molar-refractivity contribution in [3.05, 3.63) is 36.5 Å². The molecule has 3 aromatic rings. The first-order valence-electron chi connectivity index (χ1n) is 11.1. The molecule has 1 aliphatic carbocycles. The number of carbonyl (C=O) groups is 2. The summed E-state index contributed by atoms with van der Waals surface area (Å²) in [5.74, 6) is 1.56. The maximum absolute atomic E-state index is 13.0. The van der Waals surface area contributed by atoms with Crippen LogP contribution in [0.3, 0.4) is 0 Å². The van der Waals surface area contributed by atoms with Gasteiger partial charge >= 0.3 is 0 Å². The lowest BCUT2D eigenvalue weighted by atomic mass is 10.2. The van der Waals surface area contributed by atoms with Crippen LogP contribution in [0.4, 0.5) is 5.69 Å². The highest BCUT2D eigenvalue weighted by molar-refractivity contribution is 6.00. The minimum atomic E-state index is -0.575. The van der Waals surface area contributed by atoms with Crippen molar-refractivity contribution >= 4 is 28.5 Å². The summed E-state index contributed by atoms with van der Waals surface area (Å²) in [6, 6.07) is 9.01. The zero-order valence-electron chi connectivity index (χ0n) is 18.7. The molecule has 1 saturated carbocycles. The van der Waals surface area contributed by atoms with Gasteiger partial charge in [-0.2, -0.15) is 15.0 Å². The number of hydrogen-bond donors (Lipinski definition) is 0. The molecule has 0 bridgehead atoms. The maximum atomic E-state index is 13.0. The van der Waals surface area contributed by atoms with Gasteiger partial charge in [0.25, 0.3) is 5.91 Å². The summed E-state index contributed by atoms with van der Waals surface area (Å²) in [6.45, 7) is 1.31. The van der Waals surface area contributed by atoms with E-state index in [1.54, 1.807) is 43.4 Å². The largest absolute Gasteiger partial charge is 0.479 e. The van der Waals surface area contributed by atoms with E-state index in [9.17, 15) is 9.59 Å². The van der Waals surface area contributed by atoms with Gasteiger partial charge in [-0.05, 0) is 43.0 Å². The standard InChI is InChI=1S/C23H26N6O4/c1-27(2)22(30)13-29-25-18-7-5-16(11-19(18)26-29)28-10-9-20(23(28)31)33-17-6-8-21(24-12-17)32-14-15-3-4-15/h5-8,11-12,15,20H,3-4,9-10,13-14H2,1-2H3/t20-/m1/s1. The predicted molar refractivity (Wildman–Crippen MR) is 120 cm³/mol. The number of fused-ring (bicyclic) bond motifs is 1.